The molecule has 6 nitrogen and oxygen atoms in total. The highest BCUT2D eigenvalue weighted by Crippen LogP contribution is 2.21. The molecule has 1 atom stereocenters. The summed E-state index contributed by atoms with van der Waals surface area (Å²) >= 11 is 0. The summed E-state index contributed by atoms with van der Waals surface area (Å²) in [6, 6.07) is 12.1. The third kappa shape index (κ3) is 5.68. The molecule has 0 saturated heterocycles. The van der Waals surface area contributed by atoms with Crippen LogP contribution in [0.4, 0.5) is 10.1 Å². The van der Waals surface area contributed by atoms with Gasteiger partial charge in [0.1, 0.15) is 18.1 Å². The molecule has 0 heterocycles. The summed E-state index contributed by atoms with van der Waals surface area (Å²) in [5.41, 5.74) is 0.980. The van der Waals surface area contributed by atoms with E-state index in [-0.39, 0.29) is 11.7 Å². The van der Waals surface area contributed by atoms with Crippen molar-refractivity contribution in [1.82, 2.24) is 5.32 Å². The van der Waals surface area contributed by atoms with Crippen LogP contribution in [0, 0.1) is 5.82 Å². The van der Waals surface area contributed by atoms with Gasteiger partial charge < -0.3 is 10.1 Å². The molecular weight excluding hydrogens is 371 g/mol. The van der Waals surface area contributed by atoms with E-state index in [0.29, 0.717) is 12.2 Å². The van der Waals surface area contributed by atoms with Gasteiger partial charge in [0, 0.05) is 0 Å². The zero-order chi connectivity index (χ0) is 20.0. The molecule has 8 heteroatoms. The highest BCUT2D eigenvalue weighted by atomic mass is 32.2. The van der Waals surface area contributed by atoms with Crippen molar-refractivity contribution in [1.29, 1.82) is 0 Å². The lowest BCUT2D eigenvalue weighted by atomic mass is 10.0. The van der Waals surface area contributed by atoms with Crippen LogP contribution in [-0.2, 0) is 14.8 Å². The van der Waals surface area contributed by atoms with Gasteiger partial charge in [0.2, 0.25) is 15.9 Å². The molecule has 2 aromatic rings. The van der Waals surface area contributed by atoms with Crippen LogP contribution in [0.3, 0.4) is 0 Å². The molecule has 0 fully saturated rings. The van der Waals surface area contributed by atoms with Gasteiger partial charge in [0.05, 0.1) is 25.1 Å². The minimum absolute atomic E-state index is 0.102. The van der Waals surface area contributed by atoms with Gasteiger partial charge in [-0.05, 0) is 42.3 Å². The molecule has 146 valence electrons. The minimum atomic E-state index is -3.76. The highest BCUT2D eigenvalue weighted by Gasteiger charge is 2.23. The molecule has 0 aliphatic heterocycles. The SMILES string of the molecule is CC[C@H](NC(=O)CN(c1cccc(F)c1)S(C)(=O)=O)c1ccc(OC)cc1. The Kier molecular flexibility index (Phi) is 6.79. The molecule has 0 unspecified atom stereocenters. The summed E-state index contributed by atoms with van der Waals surface area (Å²) in [5, 5.41) is 2.83. The molecule has 0 spiro atoms. The number of anilines is 1. The molecule has 0 aliphatic carbocycles. The standard InChI is InChI=1S/C19H23FN2O4S/c1-4-18(14-8-10-17(26-2)11-9-14)21-19(23)13-22(27(3,24)25)16-7-5-6-15(20)12-16/h5-12,18H,4,13H2,1-3H3,(H,21,23)/t18-/m0/s1. The quantitative estimate of drug-likeness (QED) is 0.747. The van der Waals surface area contributed by atoms with Gasteiger partial charge in [-0.1, -0.05) is 25.1 Å². The zero-order valence-electron chi connectivity index (χ0n) is 15.5. The van der Waals surface area contributed by atoms with E-state index in [1.807, 2.05) is 19.1 Å². The highest BCUT2D eigenvalue weighted by molar-refractivity contribution is 7.92. The maximum absolute atomic E-state index is 13.5. The van der Waals surface area contributed by atoms with Gasteiger partial charge in [-0.2, -0.15) is 0 Å². The predicted octanol–water partition coefficient (Wildman–Crippen LogP) is 2.87. The van der Waals surface area contributed by atoms with Crippen LogP contribution in [-0.4, -0.2) is 34.2 Å². The van der Waals surface area contributed by atoms with Gasteiger partial charge in [-0.3, -0.25) is 9.10 Å². The van der Waals surface area contributed by atoms with Crippen molar-refractivity contribution in [2.24, 2.45) is 0 Å². The van der Waals surface area contributed by atoms with Crippen molar-refractivity contribution in [3.63, 3.8) is 0 Å². The molecule has 0 aromatic heterocycles. The van der Waals surface area contributed by atoms with Gasteiger partial charge in [0.15, 0.2) is 0 Å². The van der Waals surface area contributed by atoms with Crippen molar-refractivity contribution >= 4 is 21.6 Å². The normalized spacial score (nSPS) is 12.3. The second-order valence-corrected chi connectivity index (χ2v) is 7.96. The first-order valence-electron chi connectivity index (χ1n) is 8.41. The minimum Gasteiger partial charge on any atom is -0.497 e. The smallest absolute Gasteiger partial charge is 0.241 e. The van der Waals surface area contributed by atoms with E-state index in [2.05, 4.69) is 5.32 Å². The van der Waals surface area contributed by atoms with E-state index < -0.39 is 28.3 Å². The lowest BCUT2D eigenvalue weighted by Crippen LogP contribution is -2.41. The van der Waals surface area contributed by atoms with Crippen molar-refractivity contribution in [2.45, 2.75) is 19.4 Å². The molecule has 0 bridgehead atoms. The zero-order valence-corrected chi connectivity index (χ0v) is 16.3. The topological polar surface area (TPSA) is 75.7 Å². The van der Waals surface area contributed by atoms with Crippen molar-refractivity contribution < 1.29 is 22.3 Å². The second-order valence-electron chi connectivity index (χ2n) is 6.05. The Morgan fingerprint density at radius 2 is 1.89 bits per heavy atom. The summed E-state index contributed by atoms with van der Waals surface area (Å²) in [7, 11) is -2.19. The number of methoxy groups -OCH3 is 1. The Morgan fingerprint density at radius 3 is 2.41 bits per heavy atom. The van der Waals surface area contributed by atoms with E-state index in [1.165, 1.54) is 18.2 Å². The first-order valence-corrected chi connectivity index (χ1v) is 10.3. The van der Waals surface area contributed by atoms with Gasteiger partial charge >= 0.3 is 0 Å². The maximum Gasteiger partial charge on any atom is 0.241 e. The Morgan fingerprint density at radius 1 is 1.22 bits per heavy atom. The van der Waals surface area contributed by atoms with E-state index >= 15 is 0 Å². The van der Waals surface area contributed by atoms with E-state index in [4.69, 9.17) is 4.74 Å². The molecule has 0 aliphatic rings. The monoisotopic (exact) mass is 394 g/mol. The Hall–Kier alpha value is -2.61. The second kappa shape index (κ2) is 8.85. The molecular formula is C19H23FN2O4S. The van der Waals surface area contributed by atoms with Crippen LogP contribution < -0.4 is 14.4 Å². The number of halogens is 1. The van der Waals surface area contributed by atoms with Crippen molar-refractivity contribution in [2.75, 3.05) is 24.2 Å². The average Bonchev–Trinajstić information content (AvgIpc) is 2.63. The summed E-state index contributed by atoms with van der Waals surface area (Å²) in [6.07, 6.45) is 1.60. The summed E-state index contributed by atoms with van der Waals surface area (Å²) in [5.74, 6) is -0.354. The molecule has 0 saturated carbocycles. The van der Waals surface area contributed by atoms with Crippen LogP contribution in [0.5, 0.6) is 5.75 Å². The van der Waals surface area contributed by atoms with Crippen molar-refractivity contribution in [3.8, 4) is 5.75 Å². The number of nitrogens with one attached hydrogen (secondary N) is 1. The average molecular weight is 394 g/mol. The molecule has 1 amide bonds. The van der Waals surface area contributed by atoms with Gasteiger partial charge in [-0.25, -0.2) is 12.8 Å². The summed E-state index contributed by atoms with van der Waals surface area (Å²) in [4.78, 5) is 12.5. The van der Waals surface area contributed by atoms with Crippen LogP contribution in [0.1, 0.15) is 24.9 Å². The van der Waals surface area contributed by atoms with E-state index in [9.17, 15) is 17.6 Å². The lowest BCUT2D eigenvalue weighted by Gasteiger charge is -2.24. The summed E-state index contributed by atoms with van der Waals surface area (Å²) < 4.78 is 43.6. The van der Waals surface area contributed by atoms with Crippen molar-refractivity contribution in [3.05, 3.63) is 59.9 Å². The molecule has 2 rings (SSSR count). The lowest BCUT2D eigenvalue weighted by molar-refractivity contribution is -0.120. The van der Waals surface area contributed by atoms with E-state index in [1.54, 1.807) is 19.2 Å². The number of benzene rings is 2. The molecule has 27 heavy (non-hydrogen) atoms. The van der Waals surface area contributed by atoms with Crippen LogP contribution in [0.15, 0.2) is 48.5 Å². The number of carbonyl (C=O) groups is 1. The van der Waals surface area contributed by atoms with Crippen LogP contribution in [0.25, 0.3) is 0 Å². The number of nitrogens with zero attached hydrogens (tertiary/aromatic N) is 1. The Balaban J connectivity index is 2.16. The number of hydrogen-bond donors (Lipinski definition) is 1. The number of sulfonamides is 1. The van der Waals surface area contributed by atoms with Crippen LogP contribution in [0.2, 0.25) is 0 Å². The number of carbonyl (C=O) groups excluding carboxylic acids is 1. The van der Waals surface area contributed by atoms with E-state index in [0.717, 1.165) is 22.2 Å². The number of amides is 1. The Bertz CT molecular complexity index is 885. The maximum atomic E-state index is 13.5. The molecule has 2 aromatic carbocycles. The van der Waals surface area contributed by atoms with Gasteiger partial charge in [0.25, 0.3) is 0 Å². The fourth-order valence-corrected chi connectivity index (χ4v) is 3.51. The Labute approximate surface area is 159 Å². The fourth-order valence-electron chi connectivity index (χ4n) is 2.66. The first kappa shape index (κ1) is 20.7. The van der Waals surface area contributed by atoms with Gasteiger partial charge in [-0.15, -0.1) is 0 Å². The number of ether oxygens (including phenoxy) is 1. The molecule has 1 N–H and O–H groups in total. The summed E-state index contributed by atoms with van der Waals surface area (Å²) in [6.45, 7) is 1.48. The predicted molar refractivity (Wildman–Crippen MR) is 103 cm³/mol. The number of hydrogen-bond acceptors (Lipinski definition) is 4. The fraction of sp³-hybridized carbons (Fsp3) is 0.316. The number of rotatable bonds is 8. The molecule has 0 radical (unpaired) electrons. The third-order valence-corrected chi connectivity index (χ3v) is 5.19. The van der Waals surface area contributed by atoms with Crippen LogP contribution >= 0.6 is 0 Å². The largest absolute Gasteiger partial charge is 0.497 e. The third-order valence-electron chi connectivity index (χ3n) is 4.05. The first-order chi connectivity index (χ1) is 12.7.